The van der Waals surface area contributed by atoms with Crippen LogP contribution in [0.25, 0.3) is 10.8 Å². The van der Waals surface area contributed by atoms with E-state index >= 15 is 0 Å². The van der Waals surface area contributed by atoms with Crippen LogP contribution in [0.1, 0.15) is 0 Å². The second-order valence-corrected chi connectivity index (χ2v) is 6.68. The third-order valence-corrected chi connectivity index (χ3v) is 4.65. The smallest absolute Gasteiger partial charge is 0.171 e. The Morgan fingerprint density at radius 2 is 2.05 bits per heavy atom. The molecule has 0 aromatic heterocycles. The number of halogens is 1. The van der Waals surface area contributed by atoms with Gasteiger partial charge in [0.1, 0.15) is 5.84 Å². The molecule has 108 valence electrons. The summed E-state index contributed by atoms with van der Waals surface area (Å²) < 4.78 is 0.292. The van der Waals surface area contributed by atoms with Crippen LogP contribution in [0.2, 0.25) is 0 Å². The molecular formula is C15H15IN4S. The number of nitrogens with zero attached hydrogens (tertiary/aromatic N) is 2. The number of anilines is 1. The van der Waals surface area contributed by atoms with Crippen molar-refractivity contribution < 1.29 is 0 Å². The van der Waals surface area contributed by atoms with E-state index in [-0.39, 0.29) is 0 Å². The van der Waals surface area contributed by atoms with E-state index in [9.17, 15) is 0 Å². The maximum atomic E-state index is 5.14. The number of nitrogens with one attached hydrogen (secondary N) is 2. The lowest BCUT2D eigenvalue weighted by molar-refractivity contribution is 0.938. The number of rotatable bonds is 1. The minimum atomic E-state index is 0.292. The number of amidine groups is 1. The molecular weight excluding hydrogens is 395 g/mol. The van der Waals surface area contributed by atoms with Gasteiger partial charge in [-0.15, -0.1) is 0 Å². The van der Waals surface area contributed by atoms with Crippen molar-refractivity contribution in [2.75, 3.05) is 18.6 Å². The predicted octanol–water partition coefficient (Wildman–Crippen LogP) is 2.87. The first-order chi connectivity index (χ1) is 10.2. The van der Waals surface area contributed by atoms with Gasteiger partial charge in [-0.3, -0.25) is 5.01 Å². The van der Waals surface area contributed by atoms with E-state index in [2.05, 4.69) is 80.8 Å². The standard InChI is InChI=1S/C15H15IN4S/c1-17-15(21)18-14-13(16)9-20(19-14)12-7-6-10-4-2-3-5-11(10)8-12/h2-8,13H,9H2,1H3,(H2,17,18,19,21). The van der Waals surface area contributed by atoms with E-state index in [0.717, 1.165) is 18.1 Å². The summed E-state index contributed by atoms with van der Waals surface area (Å²) in [6, 6.07) is 14.7. The first-order valence-electron chi connectivity index (χ1n) is 6.65. The molecule has 0 saturated carbocycles. The van der Waals surface area contributed by atoms with Crippen molar-refractivity contribution in [2.45, 2.75) is 3.92 Å². The van der Waals surface area contributed by atoms with E-state index in [4.69, 9.17) is 12.2 Å². The van der Waals surface area contributed by atoms with Crippen molar-refractivity contribution in [3.05, 3.63) is 42.5 Å². The molecule has 0 fully saturated rings. The quantitative estimate of drug-likeness (QED) is 0.431. The molecule has 0 spiro atoms. The first kappa shape index (κ1) is 14.5. The molecule has 6 heteroatoms. The van der Waals surface area contributed by atoms with Gasteiger partial charge in [0.15, 0.2) is 5.11 Å². The SMILES string of the molecule is CNC(=S)NC1=NN(c2ccc3ccccc3c2)CC1I. The van der Waals surface area contributed by atoms with E-state index in [1.165, 1.54) is 10.8 Å². The minimum Gasteiger partial charge on any atom is -0.365 e. The third kappa shape index (κ3) is 3.11. The fourth-order valence-corrected chi connectivity index (χ4v) is 3.01. The first-order valence-corrected chi connectivity index (χ1v) is 8.30. The molecule has 1 atom stereocenters. The molecule has 1 heterocycles. The molecule has 2 aromatic carbocycles. The number of alkyl halides is 1. The van der Waals surface area contributed by atoms with E-state index in [1.807, 2.05) is 5.01 Å². The largest absolute Gasteiger partial charge is 0.365 e. The Morgan fingerprint density at radius 3 is 2.81 bits per heavy atom. The summed E-state index contributed by atoms with van der Waals surface area (Å²) in [4.78, 5) is 0. The number of fused-ring (bicyclic) bond motifs is 1. The van der Waals surface area contributed by atoms with Crippen LogP contribution in [0.4, 0.5) is 5.69 Å². The Morgan fingerprint density at radius 1 is 1.29 bits per heavy atom. The van der Waals surface area contributed by atoms with Gasteiger partial charge in [-0.2, -0.15) is 5.10 Å². The molecule has 1 aliphatic heterocycles. The Balaban J connectivity index is 1.87. The maximum absolute atomic E-state index is 5.14. The summed E-state index contributed by atoms with van der Waals surface area (Å²) in [5.41, 5.74) is 1.10. The Hall–Kier alpha value is -1.41. The Bertz CT molecular complexity index is 716. The van der Waals surface area contributed by atoms with Gasteiger partial charge in [0.25, 0.3) is 0 Å². The summed E-state index contributed by atoms with van der Waals surface area (Å²) in [6.45, 7) is 0.841. The summed E-state index contributed by atoms with van der Waals surface area (Å²) in [5, 5.41) is 15.8. The van der Waals surface area contributed by atoms with Crippen molar-refractivity contribution in [3.8, 4) is 0 Å². The van der Waals surface area contributed by atoms with Crippen molar-refractivity contribution in [1.82, 2.24) is 10.6 Å². The molecule has 0 radical (unpaired) electrons. The van der Waals surface area contributed by atoms with Crippen LogP contribution in [-0.4, -0.2) is 28.5 Å². The van der Waals surface area contributed by atoms with Crippen LogP contribution in [0, 0.1) is 0 Å². The van der Waals surface area contributed by atoms with E-state index < -0.39 is 0 Å². The molecule has 21 heavy (non-hydrogen) atoms. The van der Waals surface area contributed by atoms with Gasteiger partial charge in [-0.05, 0) is 35.1 Å². The van der Waals surface area contributed by atoms with Crippen LogP contribution in [0.3, 0.4) is 0 Å². The lowest BCUT2D eigenvalue weighted by atomic mass is 10.1. The molecule has 0 aliphatic carbocycles. The highest BCUT2D eigenvalue weighted by atomic mass is 127. The van der Waals surface area contributed by atoms with Crippen molar-refractivity contribution in [3.63, 3.8) is 0 Å². The fourth-order valence-electron chi connectivity index (χ4n) is 2.25. The zero-order chi connectivity index (χ0) is 14.8. The second kappa shape index (κ2) is 6.15. The van der Waals surface area contributed by atoms with E-state index in [0.29, 0.717) is 9.04 Å². The zero-order valence-corrected chi connectivity index (χ0v) is 14.5. The van der Waals surface area contributed by atoms with Gasteiger partial charge < -0.3 is 10.6 Å². The lowest BCUT2D eigenvalue weighted by Crippen LogP contribution is -2.40. The molecule has 3 rings (SSSR count). The highest BCUT2D eigenvalue weighted by molar-refractivity contribution is 14.1. The monoisotopic (exact) mass is 410 g/mol. The van der Waals surface area contributed by atoms with Gasteiger partial charge in [0.2, 0.25) is 0 Å². The average molecular weight is 410 g/mol. The van der Waals surface area contributed by atoms with Crippen LogP contribution >= 0.6 is 34.8 Å². The van der Waals surface area contributed by atoms with E-state index in [1.54, 1.807) is 7.05 Å². The average Bonchev–Trinajstić information content (AvgIpc) is 2.87. The normalized spacial score (nSPS) is 17.7. The summed E-state index contributed by atoms with van der Waals surface area (Å²) in [5.74, 6) is 0.892. The number of benzene rings is 2. The number of hydrazone groups is 1. The number of hydrogen-bond donors (Lipinski definition) is 2. The van der Waals surface area contributed by atoms with Crippen LogP contribution in [-0.2, 0) is 0 Å². The van der Waals surface area contributed by atoms with Gasteiger partial charge >= 0.3 is 0 Å². The third-order valence-electron chi connectivity index (χ3n) is 3.36. The predicted molar refractivity (Wildman–Crippen MR) is 101 cm³/mol. The van der Waals surface area contributed by atoms with Crippen molar-refractivity contribution in [2.24, 2.45) is 5.10 Å². The van der Waals surface area contributed by atoms with Crippen LogP contribution in [0.15, 0.2) is 47.6 Å². The molecule has 4 nitrogen and oxygen atoms in total. The summed E-state index contributed by atoms with van der Waals surface area (Å²) >= 11 is 7.52. The molecule has 0 amide bonds. The molecule has 1 unspecified atom stereocenters. The number of hydrogen-bond acceptors (Lipinski definition) is 3. The van der Waals surface area contributed by atoms with Gasteiger partial charge in [0, 0.05) is 7.05 Å². The molecule has 1 aliphatic rings. The topological polar surface area (TPSA) is 39.7 Å². The Kier molecular flexibility index (Phi) is 4.25. The maximum Gasteiger partial charge on any atom is 0.171 e. The van der Waals surface area contributed by atoms with Gasteiger partial charge in [-0.1, -0.05) is 52.9 Å². The molecule has 0 bridgehead atoms. The molecule has 2 aromatic rings. The van der Waals surface area contributed by atoms with Crippen LogP contribution in [0.5, 0.6) is 0 Å². The van der Waals surface area contributed by atoms with Crippen LogP contribution < -0.4 is 15.6 Å². The number of thiocarbonyl (C=S) groups is 1. The summed E-state index contributed by atoms with van der Waals surface area (Å²) in [7, 11) is 1.80. The van der Waals surface area contributed by atoms with Gasteiger partial charge in [-0.25, -0.2) is 0 Å². The van der Waals surface area contributed by atoms with Crippen molar-refractivity contribution in [1.29, 1.82) is 0 Å². The Labute approximate surface area is 142 Å². The molecule has 0 saturated heterocycles. The highest BCUT2D eigenvalue weighted by Gasteiger charge is 2.25. The second-order valence-electron chi connectivity index (χ2n) is 4.77. The lowest BCUT2D eigenvalue weighted by Gasteiger charge is -2.14. The highest BCUT2D eigenvalue weighted by Crippen LogP contribution is 2.26. The zero-order valence-electron chi connectivity index (χ0n) is 11.5. The molecule has 2 N–H and O–H groups in total. The minimum absolute atomic E-state index is 0.292. The van der Waals surface area contributed by atoms with Crippen molar-refractivity contribution >= 4 is 62.2 Å². The van der Waals surface area contributed by atoms with Gasteiger partial charge in [0.05, 0.1) is 16.2 Å². The fraction of sp³-hybridized carbons (Fsp3) is 0.200. The summed E-state index contributed by atoms with van der Waals surface area (Å²) in [6.07, 6.45) is 0.